The van der Waals surface area contributed by atoms with Gasteiger partial charge in [-0.3, -0.25) is 4.72 Å². The lowest BCUT2D eigenvalue weighted by Gasteiger charge is -2.08. The van der Waals surface area contributed by atoms with E-state index in [2.05, 4.69) is 4.72 Å². The maximum atomic E-state index is 13.4. The first kappa shape index (κ1) is 12.4. The summed E-state index contributed by atoms with van der Waals surface area (Å²) >= 11 is 0. The van der Waals surface area contributed by atoms with E-state index in [9.17, 15) is 12.8 Å². The number of nitrogens with one attached hydrogen (secondary N) is 1. The first-order valence-electron chi connectivity index (χ1n) is 4.27. The molecule has 0 aliphatic heterocycles. The molecule has 0 aliphatic carbocycles. The third kappa shape index (κ3) is 2.92. The van der Waals surface area contributed by atoms with Crippen LogP contribution in [0.2, 0.25) is 0 Å². The minimum atomic E-state index is -3.50. The van der Waals surface area contributed by atoms with Gasteiger partial charge < -0.3 is 5.73 Å². The molecule has 1 rings (SSSR count). The minimum Gasteiger partial charge on any atom is -0.326 e. The van der Waals surface area contributed by atoms with Crippen LogP contribution in [0, 0.1) is 17.1 Å². The summed E-state index contributed by atoms with van der Waals surface area (Å²) in [6, 6.07) is 3.99. The number of benzene rings is 1. The zero-order chi connectivity index (χ0) is 12.3. The van der Waals surface area contributed by atoms with E-state index >= 15 is 0 Å². The molecule has 0 aromatic heterocycles. The van der Waals surface area contributed by atoms with Crippen molar-refractivity contribution in [3.8, 4) is 6.07 Å². The van der Waals surface area contributed by atoms with Gasteiger partial charge >= 0.3 is 0 Å². The Kier molecular flexibility index (Phi) is 3.47. The molecule has 86 valence electrons. The molecule has 0 bridgehead atoms. The SMILES string of the molecule is CS(=O)(=O)Nc1cc(F)c(CN)c(C#N)c1. The third-order valence-corrected chi connectivity index (χ3v) is 2.43. The molecule has 7 heteroatoms. The van der Waals surface area contributed by atoms with E-state index in [1.54, 1.807) is 6.07 Å². The van der Waals surface area contributed by atoms with Crippen molar-refractivity contribution in [2.24, 2.45) is 5.73 Å². The monoisotopic (exact) mass is 243 g/mol. The van der Waals surface area contributed by atoms with Crippen molar-refractivity contribution < 1.29 is 12.8 Å². The number of anilines is 1. The van der Waals surface area contributed by atoms with E-state index in [0.29, 0.717) is 0 Å². The highest BCUT2D eigenvalue weighted by Gasteiger charge is 2.11. The average Bonchev–Trinajstić information content (AvgIpc) is 2.14. The van der Waals surface area contributed by atoms with Crippen LogP contribution in [0.25, 0.3) is 0 Å². The van der Waals surface area contributed by atoms with Crippen LogP contribution in [0.5, 0.6) is 0 Å². The first-order chi connectivity index (χ1) is 7.37. The summed E-state index contributed by atoms with van der Waals surface area (Å²) in [5, 5.41) is 8.75. The van der Waals surface area contributed by atoms with Gasteiger partial charge in [0.05, 0.1) is 23.6 Å². The Balaban J connectivity index is 3.27. The zero-order valence-corrected chi connectivity index (χ0v) is 9.31. The Bertz CT molecular complexity index is 549. The first-order valence-corrected chi connectivity index (χ1v) is 6.17. The average molecular weight is 243 g/mol. The predicted octanol–water partition coefficient (Wildman–Crippen LogP) is 0.528. The minimum absolute atomic E-state index is 0.00810. The summed E-state index contributed by atoms with van der Waals surface area (Å²) < 4.78 is 37.3. The lowest BCUT2D eigenvalue weighted by atomic mass is 10.1. The Morgan fingerprint density at radius 3 is 2.62 bits per heavy atom. The van der Waals surface area contributed by atoms with Crippen molar-refractivity contribution in [3.63, 3.8) is 0 Å². The molecule has 1 aromatic rings. The van der Waals surface area contributed by atoms with Crippen LogP contribution in [-0.2, 0) is 16.6 Å². The summed E-state index contributed by atoms with van der Waals surface area (Å²) in [6.07, 6.45) is 0.938. The number of nitrogens with zero attached hydrogens (tertiary/aromatic N) is 1. The van der Waals surface area contributed by atoms with Gasteiger partial charge in [0.25, 0.3) is 0 Å². The van der Waals surface area contributed by atoms with Crippen LogP contribution in [0.4, 0.5) is 10.1 Å². The standard InChI is InChI=1S/C9H10FN3O2S/c1-16(14,15)13-7-2-6(4-11)8(5-12)9(10)3-7/h2-3,13H,5,12H2,1H3. The molecule has 0 spiro atoms. The lowest BCUT2D eigenvalue weighted by Crippen LogP contribution is -2.11. The Labute approximate surface area is 92.7 Å². The molecule has 0 aliphatic rings. The Morgan fingerprint density at radius 1 is 1.56 bits per heavy atom. The maximum Gasteiger partial charge on any atom is 0.229 e. The van der Waals surface area contributed by atoms with Crippen LogP contribution in [0.3, 0.4) is 0 Å². The smallest absolute Gasteiger partial charge is 0.229 e. The highest BCUT2D eigenvalue weighted by molar-refractivity contribution is 7.92. The molecule has 0 saturated carbocycles. The van der Waals surface area contributed by atoms with Gasteiger partial charge in [0.2, 0.25) is 10.0 Å². The van der Waals surface area contributed by atoms with Gasteiger partial charge in [-0.2, -0.15) is 5.26 Å². The van der Waals surface area contributed by atoms with Crippen molar-refractivity contribution >= 4 is 15.7 Å². The van der Waals surface area contributed by atoms with Crippen LogP contribution in [0.1, 0.15) is 11.1 Å². The number of halogens is 1. The number of nitrogens with two attached hydrogens (primary N) is 1. The summed E-state index contributed by atoms with van der Waals surface area (Å²) in [4.78, 5) is 0. The Morgan fingerprint density at radius 2 is 2.19 bits per heavy atom. The summed E-state index contributed by atoms with van der Waals surface area (Å²) in [7, 11) is -3.50. The van der Waals surface area contributed by atoms with E-state index in [-0.39, 0.29) is 23.4 Å². The molecule has 3 N–H and O–H groups in total. The van der Waals surface area contributed by atoms with Gasteiger partial charge in [-0.05, 0) is 12.1 Å². The molecule has 0 atom stereocenters. The normalized spacial score (nSPS) is 10.9. The van der Waals surface area contributed by atoms with Crippen LogP contribution >= 0.6 is 0 Å². The van der Waals surface area contributed by atoms with Crippen molar-refractivity contribution in [3.05, 3.63) is 29.1 Å². The van der Waals surface area contributed by atoms with Crippen molar-refractivity contribution in [2.75, 3.05) is 11.0 Å². The molecule has 0 radical (unpaired) electrons. The summed E-state index contributed by atoms with van der Waals surface area (Å²) in [6.45, 7) is -0.117. The van der Waals surface area contributed by atoms with E-state index in [1.807, 2.05) is 0 Å². The quantitative estimate of drug-likeness (QED) is 0.809. The van der Waals surface area contributed by atoms with Gasteiger partial charge in [-0.15, -0.1) is 0 Å². The second-order valence-electron chi connectivity index (χ2n) is 3.17. The Hall–Kier alpha value is -1.65. The van der Waals surface area contributed by atoms with Crippen molar-refractivity contribution in [1.29, 1.82) is 5.26 Å². The summed E-state index contributed by atoms with van der Waals surface area (Å²) in [5.74, 6) is -0.701. The van der Waals surface area contributed by atoms with Gasteiger partial charge in [0.1, 0.15) is 5.82 Å². The van der Waals surface area contributed by atoms with Gasteiger partial charge in [-0.25, -0.2) is 12.8 Å². The molecule has 5 nitrogen and oxygen atoms in total. The molecule has 0 heterocycles. The molecule has 0 saturated heterocycles. The number of hydrogen-bond acceptors (Lipinski definition) is 4. The highest BCUT2D eigenvalue weighted by Crippen LogP contribution is 2.19. The largest absolute Gasteiger partial charge is 0.326 e. The fraction of sp³-hybridized carbons (Fsp3) is 0.222. The van der Waals surface area contributed by atoms with Gasteiger partial charge in [0, 0.05) is 12.1 Å². The van der Waals surface area contributed by atoms with Crippen molar-refractivity contribution in [2.45, 2.75) is 6.54 Å². The number of nitriles is 1. The molecule has 0 amide bonds. The second kappa shape index (κ2) is 4.47. The highest BCUT2D eigenvalue weighted by atomic mass is 32.2. The van der Waals surface area contributed by atoms with E-state index < -0.39 is 15.8 Å². The van der Waals surface area contributed by atoms with Crippen LogP contribution in [0.15, 0.2) is 12.1 Å². The topological polar surface area (TPSA) is 96.0 Å². The molecule has 0 fully saturated rings. The molecule has 0 unspecified atom stereocenters. The molecular formula is C9H10FN3O2S. The van der Waals surface area contributed by atoms with Crippen LogP contribution < -0.4 is 10.5 Å². The maximum absolute atomic E-state index is 13.4. The number of rotatable bonds is 3. The molecule has 16 heavy (non-hydrogen) atoms. The van der Waals surface area contributed by atoms with E-state index in [1.165, 1.54) is 6.07 Å². The lowest BCUT2D eigenvalue weighted by molar-refractivity contribution is 0.605. The van der Waals surface area contributed by atoms with Crippen LogP contribution in [-0.4, -0.2) is 14.7 Å². The fourth-order valence-corrected chi connectivity index (χ4v) is 1.76. The number of hydrogen-bond donors (Lipinski definition) is 2. The van der Waals surface area contributed by atoms with E-state index in [0.717, 1.165) is 12.3 Å². The summed E-state index contributed by atoms with van der Waals surface area (Å²) in [5.41, 5.74) is 5.38. The predicted molar refractivity (Wildman–Crippen MR) is 57.5 cm³/mol. The third-order valence-electron chi connectivity index (χ3n) is 1.82. The second-order valence-corrected chi connectivity index (χ2v) is 4.92. The molecule has 1 aromatic carbocycles. The number of sulfonamides is 1. The zero-order valence-electron chi connectivity index (χ0n) is 8.49. The van der Waals surface area contributed by atoms with Crippen molar-refractivity contribution in [1.82, 2.24) is 0 Å². The van der Waals surface area contributed by atoms with Gasteiger partial charge in [-0.1, -0.05) is 0 Å². The fourth-order valence-electron chi connectivity index (χ4n) is 1.22. The van der Waals surface area contributed by atoms with Gasteiger partial charge in [0.15, 0.2) is 0 Å². The van der Waals surface area contributed by atoms with E-state index in [4.69, 9.17) is 11.0 Å². The molecular weight excluding hydrogens is 233 g/mol.